The molecule has 1 aromatic carbocycles. The zero-order valence-corrected chi connectivity index (χ0v) is 11.0. The highest BCUT2D eigenvalue weighted by molar-refractivity contribution is 8.05. The lowest BCUT2D eigenvalue weighted by Crippen LogP contribution is -2.18. The van der Waals surface area contributed by atoms with Crippen LogP contribution in [0.2, 0.25) is 0 Å². The molecule has 1 nitrogen and oxygen atoms in total. The molecule has 1 aromatic rings. The Kier molecular flexibility index (Phi) is 3.34. The molecular weight excluding hydrogens is 234 g/mol. The summed E-state index contributed by atoms with van der Waals surface area (Å²) in [4.78, 5) is 1.45. The van der Waals surface area contributed by atoms with E-state index >= 15 is 0 Å². The molecule has 0 saturated heterocycles. The fourth-order valence-corrected chi connectivity index (χ4v) is 4.95. The first-order valence-electron chi connectivity index (χ1n) is 6.09. The Morgan fingerprint density at radius 3 is 2.81 bits per heavy atom. The van der Waals surface area contributed by atoms with Crippen molar-refractivity contribution in [2.24, 2.45) is 0 Å². The molecule has 3 rings (SSSR count). The van der Waals surface area contributed by atoms with Crippen LogP contribution in [0.5, 0.6) is 0 Å². The van der Waals surface area contributed by atoms with Crippen LogP contribution >= 0.6 is 23.7 Å². The van der Waals surface area contributed by atoms with Crippen LogP contribution in [0.3, 0.4) is 0 Å². The molecule has 0 atom stereocenters. The molecule has 0 spiro atoms. The third kappa shape index (κ3) is 2.21. The summed E-state index contributed by atoms with van der Waals surface area (Å²) in [6.07, 6.45) is 7.13. The standard InChI is InChI=1S/C13H17NS2/c1-2-6-11(7-3-1)16-14-10-15-13-9-5-4-8-12(13)14/h4-5,8-9,11H,1-3,6-7,10H2. The molecular formula is C13H17NS2. The van der Waals surface area contributed by atoms with Crippen LogP contribution in [0, 0.1) is 0 Å². The lowest BCUT2D eigenvalue weighted by atomic mass is 10.0. The van der Waals surface area contributed by atoms with E-state index in [-0.39, 0.29) is 0 Å². The van der Waals surface area contributed by atoms with E-state index in [0.29, 0.717) is 0 Å². The number of rotatable bonds is 2. The van der Waals surface area contributed by atoms with Gasteiger partial charge in [-0.1, -0.05) is 31.4 Å². The van der Waals surface area contributed by atoms with Crippen molar-refractivity contribution in [3.05, 3.63) is 24.3 Å². The second kappa shape index (κ2) is 4.92. The molecule has 86 valence electrons. The first-order chi connectivity index (χ1) is 7.93. The van der Waals surface area contributed by atoms with Crippen molar-refractivity contribution in [1.29, 1.82) is 0 Å². The summed E-state index contributed by atoms with van der Waals surface area (Å²) in [5, 5.41) is 0.862. The first-order valence-corrected chi connectivity index (χ1v) is 7.92. The van der Waals surface area contributed by atoms with Crippen molar-refractivity contribution >= 4 is 29.4 Å². The fourth-order valence-electron chi connectivity index (χ4n) is 2.42. The van der Waals surface area contributed by atoms with Gasteiger partial charge in [0.25, 0.3) is 0 Å². The predicted molar refractivity (Wildman–Crippen MR) is 74.1 cm³/mol. The van der Waals surface area contributed by atoms with Crippen LogP contribution in [0.4, 0.5) is 5.69 Å². The van der Waals surface area contributed by atoms with Gasteiger partial charge in [-0.25, -0.2) is 0 Å². The topological polar surface area (TPSA) is 3.24 Å². The van der Waals surface area contributed by atoms with Gasteiger partial charge in [0, 0.05) is 10.1 Å². The number of fused-ring (bicyclic) bond motifs is 1. The molecule has 0 amide bonds. The van der Waals surface area contributed by atoms with Gasteiger partial charge in [-0.2, -0.15) is 0 Å². The molecule has 16 heavy (non-hydrogen) atoms. The normalized spacial score (nSPS) is 21.1. The van der Waals surface area contributed by atoms with Crippen molar-refractivity contribution in [2.75, 3.05) is 10.2 Å². The number of nitrogens with zero attached hydrogens (tertiary/aromatic N) is 1. The number of thioether (sulfide) groups is 1. The largest absolute Gasteiger partial charge is 0.305 e. The zero-order chi connectivity index (χ0) is 10.8. The quantitative estimate of drug-likeness (QED) is 0.711. The van der Waals surface area contributed by atoms with Gasteiger partial charge in [0.2, 0.25) is 0 Å². The van der Waals surface area contributed by atoms with Gasteiger partial charge in [-0.15, -0.1) is 11.8 Å². The van der Waals surface area contributed by atoms with Crippen LogP contribution < -0.4 is 4.31 Å². The second-order valence-electron chi connectivity index (χ2n) is 4.49. The van der Waals surface area contributed by atoms with E-state index in [0.717, 1.165) is 11.1 Å². The fraction of sp³-hybridized carbons (Fsp3) is 0.538. The van der Waals surface area contributed by atoms with Crippen molar-refractivity contribution in [1.82, 2.24) is 0 Å². The summed E-state index contributed by atoms with van der Waals surface area (Å²) >= 11 is 4.05. The summed E-state index contributed by atoms with van der Waals surface area (Å²) < 4.78 is 2.50. The van der Waals surface area contributed by atoms with Crippen LogP contribution in [0.15, 0.2) is 29.2 Å². The van der Waals surface area contributed by atoms with Crippen molar-refractivity contribution in [2.45, 2.75) is 42.2 Å². The Bertz CT molecular complexity index is 361. The Balaban J connectivity index is 1.68. The third-order valence-electron chi connectivity index (χ3n) is 3.30. The lowest BCUT2D eigenvalue weighted by Gasteiger charge is -2.26. The van der Waals surface area contributed by atoms with E-state index in [2.05, 4.69) is 40.5 Å². The zero-order valence-electron chi connectivity index (χ0n) is 9.39. The van der Waals surface area contributed by atoms with Gasteiger partial charge in [0.1, 0.15) is 0 Å². The van der Waals surface area contributed by atoms with E-state index in [1.165, 1.54) is 42.7 Å². The van der Waals surface area contributed by atoms with E-state index in [4.69, 9.17) is 0 Å². The van der Waals surface area contributed by atoms with Crippen molar-refractivity contribution in [3.63, 3.8) is 0 Å². The monoisotopic (exact) mass is 251 g/mol. The molecule has 1 aliphatic carbocycles. The molecule has 1 fully saturated rings. The van der Waals surface area contributed by atoms with Gasteiger partial charge in [0.05, 0.1) is 11.6 Å². The average Bonchev–Trinajstić information content (AvgIpc) is 2.74. The molecule has 2 aliphatic rings. The van der Waals surface area contributed by atoms with Crippen molar-refractivity contribution in [3.8, 4) is 0 Å². The first kappa shape index (κ1) is 10.8. The SMILES string of the molecule is c1ccc2c(c1)SCN2SC1CCCCC1. The summed E-state index contributed by atoms with van der Waals surface area (Å²) in [7, 11) is 0. The summed E-state index contributed by atoms with van der Waals surface area (Å²) in [6.45, 7) is 0. The number of hydrogen-bond acceptors (Lipinski definition) is 3. The average molecular weight is 251 g/mol. The van der Waals surface area contributed by atoms with Gasteiger partial charge in [-0.05, 0) is 36.9 Å². The van der Waals surface area contributed by atoms with Crippen LogP contribution in [-0.2, 0) is 0 Å². The van der Waals surface area contributed by atoms with Crippen molar-refractivity contribution < 1.29 is 0 Å². The van der Waals surface area contributed by atoms with Gasteiger partial charge >= 0.3 is 0 Å². The lowest BCUT2D eigenvalue weighted by molar-refractivity contribution is 0.516. The highest BCUT2D eigenvalue weighted by atomic mass is 32.2. The van der Waals surface area contributed by atoms with Crippen LogP contribution in [0.1, 0.15) is 32.1 Å². The van der Waals surface area contributed by atoms with Gasteiger partial charge < -0.3 is 4.31 Å². The summed E-state index contributed by atoms with van der Waals surface area (Å²) in [5.74, 6) is 1.13. The number of anilines is 1. The molecule has 0 N–H and O–H groups in total. The molecule has 0 aromatic heterocycles. The minimum atomic E-state index is 0.862. The maximum atomic E-state index is 2.50. The predicted octanol–water partition coefficient (Wildman–Crippen LogP) is 4.54. The Hall–Kier alpha value is -0.280. The van der Waals surface area contributed by atoms with E-state index in [1.807, 2.05) is 11.8 Å². The molecule has 1 aliphatic heterocycles. The molecule has 3 heteroatoms. The van der Waals surface area contributed by atoms with Crippen LogP contribution in [-0.4, -0.2) is 11.1 Å². The second-order valence-corrected chi connectivity index (χ2v) is 6.79. The minimum absolute atomic E-state index is 0.862. The third-order valence-corrected chi connectivity index (χ3v) is 5.86. The highest BCUT2D eigenvalue weighted by Crippen LogP contribution is 2.44. The number of benzene rings is 1. The summed E-state index contributed by atoms with van der Waals surface area (Å²) in [5.41, 5.74) is 1.43. The molecule has 1 heterocycles. The Morgan fingerprint density at radius 2 is 1.94 bits per heavy atom. The van der Waals surface area contributed by atoms with E-state index in [9.17, 15) is 0 Å². The van der Waals surface area contributed by atoms with Gasteiger partial charge in [0.15, 0.2) is 0 Å². The molecule has 0 unspecified atom stereocenters. The molecule has 0 bridgehead atoms. The summed E-state index contributed by atoms with van der Waals surface area (Å²) in [6, 6.07) is 8.78. The highest BCUT2D eigenvalue weighted by Gasteiger charge is 2.24. The van der Waals surface area contributed by atoms with E-state index < -0.39 is 0 Å². The maximum Gasteiger partial charge on any atom is 0.0798 e. The maximum absolute atomic E-state index is 2.50. The number of hydrogen-bond donors (Lipinski definition) is 0. The van der Waals surface area contributed by atoms with Gasteiger partial charge in [-0.3, -0.25) is 0 Å². The smallest absolute Gasteiger partial charge is 0.0798 e. The Morgan fingerprint density at radius 1 is 1.12 bits per heavy atom. The molecule has 1 saturated carbocycles. The van der Waals surface area contributed by atoms with E-state index in [1.54, 1.807) is 0 Å². The Labute approximate surface area is 106 Å². The minimum Gasteiger partial charge on any atom is -0.305 e. The van der Waals surface area contributed by atoms with Crippen LogP contribution in [0.25, 0.3) is 0 Å². The number of para-hydroxylation sites is 1. The molecule has 0 radical (unpaired) electrons.